The Morgan fingerprint density at radius 3 is 2.65 bits per heavy atom. The average molecular weight is 373 g/mol. The predicted molar refractivity (Wildman–Crippen MR) is 99.9 cm³/mol. The van der Waals surface area contributed by atoms with Crippen LogP contribution in [-0.2, 0) is 12.8 Å². The van der Waals surface area contributed by atoms with Crippen LogP contribution in [0.15, 0.2) is 10.6 Å². The zero-order chi connectivity index (χ0) is 18.1. The number of carbonyl (C=O) groups excluding carboxylic acids is 2. The minimum absolute atomic E-state index is 0.0528. The highest BCUT2D eigenvalue weighted by molar-refractivity contribution is 7.17. The largest absolute Gasteiger partial charge is 0.361 e. The molecule has 4 rings (SSSR count). The number of anilines is 1. The van der Waals surface area contributed by atoms with Crippen molar-refractivity contribution >= 4 is 28.2 Å². The molecule has 0 aromatic carbocycles. The zero-order valence-electron chi connectivity index (χ0n) is 14.9. The standard InChI is InChI=1S/C19H23N3O3S/c1-11-10-14(22-25-11)17(23)21-19-16(13-8-4-5-9-15(13)26-19)18(24)20-12-6-2-3-7-12/h10,12H,2-9H2,1H3,(H,20,24)(H,21,23). The van der Waals surface area contributed by atoms with Crippen molar-refractivity contribution in [1.82, 2.24) is 10.5 Å². The maximum Gasteiger partial charge on any atom is 0.278 e. The Morgan fingerprint density at radius 2 is 1.92 bits per heavy atom. The highest BCUT2D eigenvalue weighted by Gasteiger charge is 2.28. The van der Waals surface area contributed by atoms with E-state index in [1.54, 1.807) is 13.0 Å². The molecule has 2 aliphatic rings. The van der Waals surface area contributed by atoms with Gasteiger partial charge in [-0.2, -0.15) is 0 Å². The minimum atomic E-state index is -0.338. The van der Waals surface area contributed by atoms with Crippen LogP contribution in [-0.4, -0.2) is 23.0 Å². The van der Waals surface area contributed by atoms with Crippen molar-refractivity contribution in [3.05, 3.63) is 33.5 Å². The molecule has 0 saturated heterocycles. The van der Waals surface area contributed by atoms with Gasteiger partial charge in [-0.25, -0.2) is 0 Å². The van der Waals surface area contributed by atoms with Gasteiger partial charge >= 0.3 is 0 Å². The summed E-state index contributed by atoms with van der Waals surface area (Å²) in [6, 6.07) is 1.85. The molecule has 1 saturated carbocycles. The summed E-state index contributed by atoms with van der Waals surface area (Å²) in [6.07, 6.45) is 8.51. The van der Waals surface area contributed by atoms with Crippen LogP contribution in [0.3, 0.4) is 0 Å². The molecule has 26 heavy (non-hydrogen) atoms. The van der Waals surface area contributed by atoms with Gasteiger partial charge in [-0.1, -0.05) is 18.0 Å². The minimum Gasteiger partial charge on any atom is -0.361 e. The molecule has 0 radical (unpaired) electrons. The molecule has 0 unspecified atom stereocenters. The monoisotopic (exact) mass is 373 g/mol. The fourth-order valence-electron chi connectivity index (χ4n) is 3.86. The maximum atomic E-state index is 13.0. The third kappa shape index (κ3) is 3.40. The van der Waals surface area contributed by atoms with E-state index in [0.717, 1.165) is 44.1 Å². The number of hydrogen-bond acceptors (Lipinski definition) is 5. The molecule has 0 atom stereocenters. The van der Waals surface area contributed by atoms with Crippen LogP contribution in [0, 0.1) is 6.92 Å². The number of thiophene rings is 1. The Kier molecular flexibility index (Phi) is 4.80. The Labute approximate surface area is 156 Å². The number of rotatable bonds is 4. The van der Waals surface area contributed by atoms with Crippen molar-refractivity contribution in [1.29, 1.82) is 0 Å². The number of fused-ring (bicyclic) bond motifs is 1. The van der Waals surface area contributed by atoms with E-state index in [4.69, 9.17) is 4.52 Å². The van der Waals surface area contributed by atoms with E-state index in [0.29, 0.717) is 16.3 Å². The number of aromatic nitrogens is 1. The molecule has 2 aromatic heterocycles. The second kappa shape index (κ2) is 7.23. The summed E-state index contributed by atoms with van der Waals surface area (Å²) in [7, 11) is 0. The van der Waals surface area contributed by atoms with Gasteiger partial charge in [0.05, 0.1) is 5.56 Å². The van der Waals surface area contributed by atoms with Gasteiger partial charge < -0.3 is 15.2 Å². The molecule has 2 amide bonds. The Morgan fingerprint density at radius 1 is 1.15 bits per heavy atom. The van der Waals surface area contributed by atoms with Crippen LogP contribution < -0.4 is 10.6 Å². The zero-order valence-corrected chi connectivity index (χ0v) is 15.7. The van der Waals surface area contributed by atoms with Gasteiger partial charge in [0.1, 0.15) is 10.8 Å². The van der Waals surface area contributed by atoms with Gasteiger partial charge in [-0.3, -0.25) is 9.59 Å². The summed E-state index contributed by atoms with van der Waals surface area (Å²) in [6.45, 7) is 1.74. The first-order chi connectivity index (χ1) is 12.6. The van der Waals surface area contributed by atoms with Crippen LogP contribution in [0.1, 0.15) is 75.6 Å². The second-order valence-corrected chi connectivity index (χ2v) is 8.25. The molecule has 2 aliphatic carbocycles. The summed E-state index contributed by atoms with van der Waals surface area (Å²) < 4.78 is 4.98. The summed E-state index contributed by atoms with van der Waals surface area (Å²) in [4.78, 5) is 26.7. The predicted octanol–water partition coefficient (Wildman–Crippen LogP) is 3.85. The Hall–Kier alpha value is -2.15. The molecular weight excluding hydrogens is 350 g/mol. The van der Waals surface area contributed by atoms with Gasteiger partial charge in [0.25, 0.3) is 11.8 Å². The molecular formula is C19H23N3O3S. The first kappa shape index (κ1) is 17.3. The number of hydrogen-bond donors (Lipinski definition) is 2. The van der Waals surface area contributed by atoms with Crippen molar-refractivity contribution in [3.63, 3.8) is 0 Å². The Bertz CT molecular complexity index is 833. The third-order valence-corrected chi connectivity index (χ3v) is 6.38. The number of aryl methyl sites for hydroxylation is 2. The first-order valence-corrected chi connectivity index (χ1v) is 10.1. The van der Waals surface area contributed by atoms with E-state index in [2.05, 4.69) is 15.8 Å². The van der Waals surface area contributed by atoms with Crippen molar-refractivity contribution < 1.29 is 14.1 Å². The fraction of sp³-hybridized carbons (Fsp3) is 0.526. The summed E-state index contributed by atoms with van der Waals surface area (Å²) in [5.74, 6) is 0.193. The topological polar surface area (TPSA) is 84.2 Å². The quantitative estimate of drug-likeness (QED) is 0.853. The molecule has 0 spiro atoms. The molecule has 138 valence electrons. The summed E-state index contributed by atoms with van der Waals surface area (Å²) >= 11 is 1.53. The van der Waals surface area contributed by atoms with E-state index in [9.17, 15) is 9.59 Å². The highest BCUT2D eigenvalue weighted by atomic mass is 32.1. The normalized spacial score (nSPS) is 17.1. The molecule has 0 aliphatic heterocycles. The molecule has 6 nitrogen and oxygen atoms in total. The highest BCUT2D eigenvalue weighted by Crippen LogP contribution is 2.38. The molecule has 0 bridgehead atoms. The lowest BCUT2D eigenvalue weighted by atomic mass is 9.95. The first-order valence-electron chi connectivity index (χ1n) is 9.32. The van der Waals surface area contributed by atoms with Crippen LogP contribution in [0.4, 0.5) is 5.00 Å². The molecule has 2 N–H and O–H groups in total. The lowest BCUT2D eigenvalue weighted by Crippen LogP contribution is -2.33. The van der Waals surface area contributed by atoms with Crippen molar-refractivity contribution in [3.8, 4) is 0 Å². The molecule has 2 aromatic rings. The van der Waals surface area contributed by atoms with Crippen LogP contribution in [0.5, 0.6) is 0 Å². The van der Waals surface area contributed by atoms with E-state index in [-0.39, 0.29) is 23.6 Å². The maximum absolute atomic E-state index is 13.0. The third-order valence-electron chi connectivity index (χ3n) is 5.18. The van der Waals surface area contributed by atoms with Gasteiger partial charge in [-0.15, -0.1) is 11.3 Å². The SMILES string of the molecule is Cc1cc(C(=O)Nc2sc3c(c2C(=O)NC2CCCC2)CCCC3)no1. The molecule has 2 heterocycles. The smallest absolute Gasteiger partial charge is 0.278 e. The lowest BCUT2D eigenvalue weighted by Gasteiger charge is -2.16. The summed E-state index contributed by atoms with van der Waals surface area (Å²) in [5.41, 5.74) is 2.00. The second-order valence-electron chi connectivity index (χ2n) is 7.15. The van der Waals surface area contributed by atoms with Crippen molar-refractivity contribution in [2.45, 2.75) is 64.3 Å². The number of amides is 2. The van der Waals surface area contributed by atoms with Crippen molar-refractivity contribution in [2.75, 3.05) is 5.32 Å². The molecule has 7 heteroatoms. The number of nitrogens with zero attached hydrogens (tertiary/aromatic N) is 1. The number of nitrogens with one attached hydrogen (secondary N) is 2. The number of carbonyl (C=O) groups is 2. The van der Waals surface area contributed by atoms with Gasteiger partial charge in [0.15, 0.2) is 5.69 Å². The van der Waals surface area contributed by atoms with Crippen molar-refractivity contribution in [2.24, 2.45) is 0 Å². The molecule has 1 fully saturated rings. The van der Waals surface area contributed by atoms with Gasteiger partial charge in [0, 0.05) is 17.0 Å². The van der Waals surface area contributed by atoms with E-state index in [1.165, 1.54) is 29.1 Å². The van der Waals surface area contributed by atoms with Crippen LogP contribution in [0.25, 0.3) is 0 Å². The lowest BCUT2D eigenvalue weighted by molar-refractivity contribution is 0.0938. The van der Waals surface area contributed by atoms with E-state index in [1.807, 2.05) is 0 Å². The van der Waals surface area contributed by atoms with E-state index >= 15 is 0 Å². The van der Waals surface area contributed by atoms with Crippen LogP contribution in [0.2, 0.25) is 0 Å². The van der Waals surface area contributed by atoms with E-state index < -0.39 is 0 Å². The summed E-state index contributed by atoms with van der Waals surface area (Å²) in [5, 5.41) is 10.5. The van der Waals surface area contributed by atoms with Gasteiger partial charge in [0.2, 0.25) is 0 Å². The Balaban J connectivity index is 1.61. The fourth-order valence-corrected chi connectivity index (χ4v) is 5.14. The average Bonchev–Trinajstić information content (AvgIpc) is 3.34. The van der Waals surface area contributed by atoms with Crippen LogP contribution >= 0.6 is 11.3 Å². The van der Waals surface area contributed by atoms with Gasteiger partial charge in [-0.05, 0) is 51.0 Å².